The van der Waals surface area contributed by atoms with Gasteiger partial charge >= 0.3 is 0 Å². The molecule has 2 aliphatic heterocycles. The van der Waals surface area contributed by atoms with E-state index in [2.05, 4.69) is 0 Å². The molecular formula is C13H20N2O3. The topological polar surface area (TPSA) is 60.9 Å². The maximum Gasteiger partial charge on any atom is 0.228 e. The van der Waals surface area contributed by atoms with Crippen molar-refractivity contribution in [1.82, 2.24) is 9.80 Å². The Balaban J connectivity index is 1.62. The standard InChI is InChI=1S/C13H20N2O3/c1-13(18)4-5-14(8-13)12(17)9-6-11(16)15(7-9)10-2-3-10/h9-10,18H,2-8H2,1H3. The highest BCUT2D eigenvalue weighted by atomic mass is 16.3. The van der Waals surface area contributed by atoms with Gasteiger partial charge in [0.2, 0.25) is 11.8 Å². The average Bonchev–Trinajstić information content (AvgIpc) is 2.98. The molecule has 3 aliphatic rings. The third kappa shape index (κ3) is 2.11. The summed E-state index contributed by atoms with van der Waals surface area (Å²) in [5.41, 5.74) is -0.756. The molecule has 0 aromatic heterocycles. The Kier molecular flexibility index (Phi) is 2.62. The molecule has 0 spiro atoms. The minimum atomic E-state index is -0.756. The van der Waals surface area contributed by atoms with Gasteiger partial charge in [0.05, 0.1) is 11.5 Å². The van der Waals surface area contributed by atoms with Crippen LogP contribution in [0, 0.1) is 5.92 Å². The lowest BCUT2D eigenvalue weighted by atomic mass is 10.1. The molecule has 2 unspecified atom stereocenters. The summed E-state index contributed by atoms with van der Waals surface area (Å²) in [7, 11) is 0. The molecule has 2 atom stereocenters. The van der Waals surface area contributed by atoms with Crippen LogP contribution in [0.4, 0.5) is 0 Å². The van der Waals surface area contributed by atoms with Crippen molar-refractivity contribution in [2.45, 2.75) is 44.2 Å². The molecule has 0 radical (unpaired) electrons. The Bertz CT molecular complexity index is 390. The molecular weight excluding hydrogens is 232 g/mol. The molecule has 18 heavy (non-hydrogen) atoms. The zero-order valence-corrected chi connectivity index (χ0v) is 10.8. The molecule has 5 nitrogen and oxygen atoms in total. The SMILES string of the molecule is CC1(O)CCN(C(=O)C2CC(=O)N(C3CC3)C2)C1. The van der Waals surface area contributed by atoms with Gasteiger partial charge in [-0.15, -0.1) is 0 Å². The number of carbonyl (C=O) groups is 2. The molecule has 1 aliphatic carbocycles. The van der Waals surface area contributed by atoms with Gasteiger partial charge in [0, 0.05) is 32.1 Å². The van der Waals surface area contributed by atoms with Crippen molar-refractivity contribution in [3.05, 3.63) is 0 Å². The predicted molar refractivity (Wildman–Crippen MR) is 64.7 cm³/mol. The van der Waals surface area contributed by atoms with Crippen molar-refractivity contribution < 1.29 is 14.7 Å². The van der Waals surface area contributed by atoms with E-state index in [1.54, 1.807) is 11.8 Å². The van der Waals surface area contributed by atoms with Crippen LogP contribution in [0.15, 0.2) is 0 Å². The minimum Gasteiger partial charge on any atom is -0.388 e. The van der Waals surface area contributed by atoms with Crippen LogP contribution in [0.1, 0.15) is 32.6 Å². The largest absolute Gasteiger partial charge is 0.388 e. The average molecular weight is 252 g/mol. The molecule has 100 valence electrons. The maximum atomic E-state index is 12.3. The van der Waals surface area contributed by atoms with Crippen LogP contribution in [0.5, 0.6) is 0 Å². The van der Waals surface area contributed by atoms with Gasteiger partial charge in [-0.1, -0.05) is 0 Å². The number of nitrogens with zero attached hydrogens (tertiary/aromatic N) is 2. The summed E-state index contributed by atoms with van der Waals surface area (Å²) in [5, 5.41) is 9.89. The van der Waals surface area contributed by atoms with Crippen molar-refractivity contribution in [1.29, 1.82) is 0 Å². The number of β-amino-alcohol motifs (C(OH)–C–C–N with tert-alkyl or cyclic N) is 1. The van der Waals surface area contributed by atoms with E-state index in [-0.39, 0.29) is 17.7 Å². The second-order valence-corrected chi connectivity index (χ2v) is 6.19. The summed E-state index contributed by atoms with van der Waals surface area (Å²) in [5.74, 6) is -0.0157. The van der Waals surface area contributed by atoms with Crippen molar-refractivity contribution in [2.24, 2.45) is 5.92 Å². The van der Waals surface area contributed by atoms with Gasteiger partial charge in [0.1, 0.15) is 0 Å². The van der Waals surface area contributed by atoms with Crippen LogP contribution in [-0.2, 0) is 9.59 Å². The van der Waals surface area contributed by atoms with E-state index in [1.165, 1.54) is 0 Å². The van der Waals surface area contributed by atoms with E-state index in [9.17, 15) is 14.7 Å². The number of hydrogen-bond acceptors (Lipinski definition) is 3. The monoisotopic (exact) mass is 252 g/mol. The van der Waals surface area contributed by atoms with E-state index in [4.69, 9.17) is 0 Å². The second-order valence-electron chi connectivity index (χ2n) is 6.19. The number of carbonyl (C=O) groups excluding carboxylic acids is 2. The lowest BCUT2D eigenvalue weighted by Gasteiger charge is -2.22. The normalized spacial score (nSPS) is 36.6. The number of aliphatic hydroxyl groups is 1. The van der Waals surface area contributed by atoms with Crippen molar-refractivity contribution in [3.63, 3.8) is 0 Å². The fourth-order valence-electron chi connectivity index (χ4n) is 3.03. The first kappa shape index (κ1) is 12.0. The molecule has 0 bridgehead atoms. The highest BCUT2D eigenvalue weighted by Gasteiger charge is 2.44. The lowest BCUT2D eigenvalue weighted by molar-refractivity contribution is -0.135. The number of hydrogen-bond donors (Lipinski definition) is 1. The summed E-state index contributed by atoms with van der Waals surface area (Å²) in [6.07, 6.45) is 3.16. The van der Waals surface area contributed by atoms with Crippen LogP contribution < -0.4 is 0 Å². The van der Waals surface area contributed by atoms with E-state index >= 15 is 0 Å². The number of likely N-dealkylation sites (tertiary alicyclic amines) is 2. The van der Waals surface area contributed by atoms with Crippen LogP contribution in [0.25, 0.3) is 0 Å². The smallest absolute Gasteiger partial charge is 0.228 e. The summed E-state index contributed by atoms with van der Waals surface area (Å²) in [6.45, 7) is 3.36. The van der Waals surface area contributed by atoms with Crippen LogP contribution in [0.2, 0.25) is 0 Å². The molecule has 3 fully saturated rings. The first-order chi connectivity index (χ1) is 8.46. The van der Waals surface area contributed by atoms with Crippen molar-refractivity contribution in [3.8, 4) is 0 Å². The molecule has 2 amide bonds. The van der Waals surface area contributed by atoms with E-state index in [1.807, 2.05) is 4.90 Å². The Morgan fingerprint density at radius 1 is 1.44 bits per heavy atom. The molecule has 2 heterocycles. The molecule has 0 aromatic carbocycles. The molecule has 0 aromatic rings. The Hall–Kier alpha value is -1.10. The fraction of sp³-hybridized carbons (Fsp3) is 0.846. The van der Waals surface area contributed by atoms with Gasteiger partial charge < -0.3 is 14.9 Å². The van der Waals surface area contributed by atoms with E-state index in [0.29, 0.717) is 38.5 Å². The summed E-state index contributed by atoms with van der Waals surface area (Å²) in [6, 6.07) is 0.400. The highest BCUT2D eigenvalue weighted by molar-refractivity contribution is 5.89. The van der Waals surface area contributed by atoms with Crippen LogP contribution in [-0.4, -0.2) is 58.0 Å². The fourth-order valence-corrected chi connectivity index (χ4v) is 3.03. The minimum absolute atomic E-state index is 0.0456. The summed E-state index contributed by atoms with van der Waals surface area (Å²) >= 11 is 0. The van der Waals surface area contributed by atoms with E-state index in [0.717, 1.165) is 12.8 Å². The van der Waals surface area contributed by atoms with E-state index < -0.39 is 5.60 Å². The molecule has 1 N–H and O–H groups in total. The Morgan fingerprint density at radius 3 is 2.72 bits per heavy atom. The molecule has 5 heteroatoms. The second kappa shape index (κ2) is 3.95. The van der Waals surface area contributed by atoms with Gasteiger partial charge in [0.25, 0.3) is 0 Å². The zero-order valence-electron chi connectivity index (χ0n) is 10.8. The first-order valence-electron chi connectivity index (χ1n) is 6.77. The van der Waals surface area contributed by atoms with Gasteiger partial charge in [-0.2, -0.15) is 0 Å². The third-order valence-electron chi connectivity index (χ3n) is 4.26. The Morgan fingerprint density at radius 2 is 2.17 bits per heavy atom. The Labute approximate surface area is 107 Å². The lowest BCUT2D eigenvalue weighted by Crippen LogP contribution is -2.38. The number of amides is 2. The van der Waals surface area contributed by atoms with Crippen LogP contribution in [0.3, 0.4) is 0 Å². The maximum absolute atomic E-state index is 12.3. The zero-order chi connectivity index (χ0) is 12.9. The molecule has 3 rings (SSSR count). The third-order valence-corrected chi connectivity index (χ3v) is 4.26. The van der Waals surface area contributed by atoms with Crippen molar-refractivity contribution >= 4 is 11.8 Å². The van der Waals surface area contributed by atoms with Gasteiger partial charge in [-0.25, -0.2) is 0 Å². The highest BCUT2D eigenvalue weighted by Crippen LogP contribution is 2.34. The van der Waals surface area contributed by atoms with Gasteiger partial charge in [-0.3, -0.25) is 9.59 Å². The van der Waals surface area contributed by atoms with Gasteiger partial charge in [0.15, 0.2) is 0 Å². The predicted octanol–water partition coefficient (Wildman–Crippen LogP) is -0.0194. The van der Waals surface area contributed by atoms with Crippen LogP contribution >= 0.6 is 0 Å². The summed E-state index contributed by atoms with van der Waals surface area (Å²) in [4.78, 5) is 27.7. The first-order valence-corrected chi connectivity index (χ1v) is 6.77. The molecule has 2 saturated heterocycles. The molecule has 1 saturated carbocycles. The van der Waals surface area contributed by atoms with Gasteiger partial charge in [-0.05, 0) is 26.2 Å². The number of rotatable bonds is 2. The quantitative estimate of drug-likeness (QED) is 0.751. The van der Waals surface area contributed by atoms with Crippen molar-refractivity contribution in [2.75, 3.05) is 19.6 Å². The summed E-state index contributed by atoms with van der Waals surface area (Å²) < 4.78 is 0.